The second-order valence-corrected chi connectivity index (χ2v) is 6.27. The van der Waals surface area contributed by atoms with Crippen molar-refractivity contribution in [2.75, 3.05) is 19.6 Å². The number of thiophene rings is 1. The number of rotatable bonds is 3. The van der Waals surface area contributed by atoms with Crippen molar-refractivity contribution in [3.63, 3.8) is 0 Å². The predicted molar refractivity (Wildman–Crippen MR) is 86.2 cm³/mol. The van der Waals surface area contributed by atoms with Crippen LogP contribution in [0.3, 0.4) is 0 Å². The highest BCUT2D eigenvalue weighted by Crippen LogP contribution is 2.27. The summed E-state index contributed by atoms with van der Waals surface area (Å²) in [6.07, 6.45) is 0. The van der Waals surface area contributed by atoms with Gasteiger partial charge in [-0.25, -0.2) is 0 Å². The minimum Gasteiger partial charge on any atom is -0.340 e. The molecule has 0 bridgehead atoms. The van der Waals surface area contributed by atoms with Crippen LogP contribution in [0.25, 0.3) is 0 Å². The highest BCUT2D eigenvalue weighted by Gasteiger charge is 2.29. The van der Waals surface area contributed by atoms with Gasteiger partial charge in [0.1, 0.15) is 0 Å². The van der Waals surface area contributed by atoms with Crippen molar-refractivity contribution in [2.24, 2.45) is 0 Å². The average Bonchev–Trinajstić information content (AvgIpc) is 3.01. The summed E-state index contributed by atoms with van der Waals surface area (Å²) in [7, 11) is 0. The molecule has 1 fully saturated rings. The van der Waals surface area contributed by atoms with Gasteiger partial charge in [-0.2, -0.15) is 11.3 Å². The lowest BCUT2D eigenvalue weighted by atomic mass is 10.0. The normalized spacial score (nSPS) is 19.7. The first-order valence-electron chi connectivity index (χ1n) is 7.29. The summed E-state index contributed by atoms with van der Waals surface area (Å²) in [5.74, 6) is 0.172. The maximum atomic E-state index is 11.7. The van der Waals surface area contributed by atoms with Gasteiger partial charge < -0.3 is 4.90 Å². The Morgan fingerprint density at radius 1 is 1.24 bits per heavy atom. The monoisotopic (exact) mass is 300 g/mol. The van der Waals surface area contributed by atoms with Gasteiger partial charge >= 0.3 is 0 Å². The molecule has 1 amide bonds. The SMILES string of the molecule is CC(=O)N1CCN(Cc2ccsc2)[C@H](c2ccccc2)C1. The van der Waals surface area contributed by atoms with Crippen molar-refractivity contribution >= 4 is 17.2 Å². The number of hydrogen-bond donors (Lipinski definition) is 0. The van der Waals surface area contributed by atoms with Crippen LogP contribution >= 0.6 is 11.3 Å². The molecule has 1 aliphatic rings. The van der Waals surface area contributed by atoms with E-state index < -0.39 is 0 Å². The van der Waals surface area contributed by atoms with Crippen LogP contribution < -0.4 is 0 Å². The van der Waals surface area contributed by atoms with E-state index in [2.05, 4.69) is 46.0 Å². The molecule has 1 aliphatic heterocycles. The van der Waals surface area contributed by atoms with Crippen molar-refractivity contribution in [3.8, 4) is 0 Å². The molecule has 1 atom stereocenters. The molecule has 2 heterocycles. The molecule has 0 aliphatic carbocycles. The molecule has 110 valence electrons. The largest absolute Gasteiger partial charge is 0.340 e. The summed E-state index contributed by atoms with van der Waals surface area (Å²) in [6.45, 7) is 5.15. The Bertz CT molecular complexity index is 582. The van der Waals surface area contributed by atoms with Gasteiger partial charge in [0, 0.05) is 33.1 Å². The lowest BCUT2D eigenvalue weighted by Gasteiger charge is -2.41. The zero-order chi connectivity index (χ0) is 14.7. The highest BCUT2D eigenvalue weighted by molar-refractivity contribution is 7.07. The Balaban J connectivity index is 1.82. The average molecular weight is 300 g/mol. The summed E-state index contributed by atoms with van der Waals surface area (Å²) >= 11 is 1.74. The Labute approximate surface area is 129 Å². The summed E-state index contributed by atoms with van der Waals surface area (Å²) in [5.41, 5.74) is 2.65. The topological polar surface area (TPSA) is 23.6 Å². The van der Waals surface area contributed by atoms with Gasteiger partial charge in [-0.15, -0.1) is 0 Å². The van der Waals surface area contributed by atoms with E-state index in [9.17, 15) is 4.79 Å². The molecule has 0 unspecified atom stereocenters. The van der Waals surface area contributed by atoms with Crippen LogP contribution in [0.5, 0.6) is 0 Å². The van der Waals surface area contributed by atoms with Crippen molar-refractivity contribution in [1.82, 2.24) is 9.80 Å². The highest BCUT2D eigenvalue weighted by atomic mass is 32.1. The molecule has 0 spiro atoms. The minimum atomic E-state index is 0.172. The number of hydrogen-bond acceptors (Lipinski definition) is 3. The van der Waals surface area contributed by atoms with Crippen LogP contribution in [0, 0.1) is 0 Å². The van der Waals surface area contributed by atoms with Gasteiger partial charge in [-0.3, -0.25) is 9.69 Å². The molecule has 1 aromatic carbocycles. The summed E-state index contributed by atoms with van der Waals surface area (Å²) < 4.78 is 0. The smallest absolute Gasteiger partial charge is 0.219 e. The molecule has 21 heavy (non-hydrogen) atoms. The standard InChI is InChI=1S/C17H20N2OS/c1-14(20)18-8-9-19(11-15-7-10-21-13-15)17(12-18)16-5-3-2-4-6-16/h2-7,10,13,17H,8-9,11-12H2,1H3/t17-/m0/s1. The van der Waals surface area contributed by atoms with Crippen LogP contribution in [0.4, 0.5) is 0 Å². The fourth-order valence-corrected chi connectivity index (χ4v) is 3.56. The molecule has 4 heteroatoms. The number of piperazine rings is 1. The number of carbonyl (C=O) groups is 1. The number of benzene rings is 1. The molecule has 3 nitrogen and oxygen atoms in total. The lowest BCUT2D eigenvalue weighted by molar-refractivity contribution is -0.132. The molecule has 0 saturated carbocycles. The van der Waals surface area contributed by atoms with Crippen LogP contribution in [0.15, 0.2) is 47.2 Å². The van der Waals surface area contributed by atoms with E-state index in [0.717, 1.165) is 26.2 Å². The molecule has 2 aromatic rings. The van der Waals surface area contributed by atoms with E-state index in [4.69, 9.17) is 0 Å². The van der Waals surface area contributed by atoms with E-state index in [1.807, 2.05) is 11.0 Å². The zero-order valence-electron chi connectivity index (χ0n) is 12.2. The van der Waals surface area contributed by atoms with Gasteiger partial charge in [0.15, 0.2) is 0 Å². The van der Waals surface area contributed by atoms with Gasteiger partial charge in [0.2, 0.25) is 5.91 Å². The maximum absolute atomic E-state index is 11.7. The Hall–Kier alpha value is -1.65. The third-order valence-corrected chi connectivity index (χ3v) is 4.82. The molecule has 0 radical (unpaired) electrons. The zero-order valence-corrected chi connectivity index (χ0v) is 13.1. The van der Waals surface area contributed by atoms with E-state index >= 15 is 0 Å². The Morgan fingerprint density at radius 3 is 2.71 bits per heavy atom. The van der Waals surface area contributed by atoms with Crippen LogP contribution in [-0.4, -0.2) is 35.3 Å². The van der Waals surface area contributed by atoms with Crippen molar-refractivity contribution in [2.45, 2.75) is 19.5 Å². The summed E-state index contributed by atoms with van der Waals surface area (Å²) in [6, 6.07) is 13.0. The van der Waals surface area contributed by atoms with Gasteiger partial charge in [0.25, 0.3) is 0 Å². The predicted octanol–water partition coefficient (Wildman–Crippen LogP) is 3.15. The molecular weight excluding hydrogens is 280 g/mol. The number of amides is 1. The molecule has 1 saturated heterocycles. The molecule has 3 rings (SSSR count). The maximum Gasteiger partial charge on any atom is 0.219 e. The first kappa shape index (κ1) is 14.3. The van der Waals surface area contributed by atoms with Gasteiger partial charge in [0.05, 0.1) is 6.04 Å². The number of nitrogens with zero attached hydrogens (tertiary/aromatic N) is 2. The van der Waals surface area contributed by atoms with Crippen LogP contribution in [0.2, 0.25) is 0 Å². The Kier molecular flexibility index (Phi) is 4.36. The van der Waals surface area contributed by atoms with E-state index in [-0.39, 0.29) is 11.9 Å². The van der Waals surface area contributed by atoms with Crippen molar-refractivity contribution in [3.05, 3.63) is 58.3 Å². The quantitative estimate of drug-likeness (QED) is 0.869. The summed E-state index contributed by atoms with van der Waals surface area (Å²) in [5, 5.41) is 4.33. The van der Waals surface area contributed by atoms with Gasteiger partial charge in [-0.1, -0.05) is 30.3 Å². The van der Waals surface area contributed by atoms with E-state index in [0.29, 0.717) is 0 Å². The molecule has 1 aromatic heterocycles. The second kappa shape index (κ2) is 6.41. The second-order valence-electron chi connectivity index (χ2n) is 5.49. The third-order valence-electron chi connectivity index (χ3n) is 4.09. The fourth-order valence-electron chi connectivity index (χ4n) is 2.90. The van der Waals surface area contributed by atoms with E-state index in [1.165, 1.54) is 11.1 Å². The molecule has 0 N–H and O–H groups in total. The van der Waals surface area contributed by atoms with E-state index in [1.54, 1.807) is 18.3 Å². The first-order valence-corrected chi connectivity index (χ1v) is 8.24. The van der Waals surface area contributed by atoms with Crippen LogP contribution in [-0.2, 0) is 11.3 Å². The molecular formula is C17H20N2OS. The Morgan fingerprint density at radius 2 is 2.05 bits per heavy atom. The van der Waals surface area contributed by atoms with Crippen molar-refractivity contribution < 1.29 is 4.79 Å². The summed E-state index contributed by atoms with van der Waals surface area (Å²) in [4.78, 5) is 16.2. The fraction of sp³-hybridized carbons (Fsp3) is 0.353. The van der Waals surface area contributed by atoms with Crippen LogP contribution in [0.1, 0.15) is 24.1 Å². The van der Waals surface area contributed by atoms with Gasteiger partial charge in [-0.05, 0) is 28.0 Å². The van der Waals surface area contributed by atoms with Crippen molar-refractivity contribution in [1.29, 1.82) is 0 Å². The number of carbonyl (C=O) groups excluding carboxylic acids is 1. The third kappa shape index (κ3) is 3.34. The lowest BCUT2D eigenvalue weighted by Crippen LogP contribution is -2.49. The first-order chi connectivity index (χ1) is 10.2. The minimum absolute atomic E-state index is 0.172.